The summed E-state index contributed by atoms with van der Waals surface area (Å²) in [6.45, 7) is 1.89. The molecule has 0 saturated heterocycles. The maximum absolute atomic E-state index is 12.3. The van der Waals surface area contributed by atoms with Crippen molar-refractivity contribution in [2.45, 2.75) is 19.4 Å². The van der Waals surface area contributed by atoms with E-state index in [4.69, 9.17) is 16.3 Å². The lowest BCUT2D eigenvalue weighted by Gasteiger charge is -2.18. The van der Waals surface area contributed by atoms with E-state index in [1.54, 1.807) is 12.1 Å². The summed E-state index contributed by atoms with van der Waals surface area (Å²) in [7, 11) is 0. The number of ether oxygens (including phenoxy) is 1. The van der Waals surface area contributed by atoms with Crippen LogP contribution in [0, 0.1) is 0 Å². The number of amides is 1. The molecule has 1 amide bonds. The first-order valence-electron chi connectivity index (χ1n) is 6.57. The van der Waals surface area contributed by atoms with Crippen LogP contribution >= 0.6 is 27.5 Å². The van der Waals surface area contributed by atoms with Gasteiger partial charge in [0.2, 0.25) is 0 Å². The van der Waals surface area contributed by atoms with E-state index < -0.39 is 6.10 Å². The van der Waals surface area contributed by atoms with Crippen LogP contribution in [0.5, 0.6) is 5.75 Å². The van der Waals surface area contributed by atoms with Crippen LogP contribution in [0.15, 0.2) is 53.0 Å². The lowest BCUT2D eigenvalue weighted by molar-refractivity contribution is -0.122. The zero-order valence-corrected chi connectivity index (χ0v) is 13.8. The molecule has 0 aromatic heterocycles. The number of rotatable bonds is 5. The summed E-state index contributed by atoms with van der Waals surface area (Å²) in [5.74, 6) is 0.311. The molecule has 0 radical (unpaired) electrons. The van der Waals surface area contributed by atoms with Gasteiger partial charge in [0.05, 0.1) is 5.02 Å². The van der Waals surface area contributed by atoms with Crippen molar-refractivity contribution < 1.29 is 9.53 Å². The summed E-state index contributed by atoms with van der Waals surface area (Å²) >= 11 is 9.42. The van der Waals surface area contributed by atoms with Gasteiger partial charge in [-0.15, -0.1) is 0 Å². The predicted octanol–water partition coefficient (Wildman–Crippen LogP) is 4.90. The monoisotopic (exact) mass is 367 g/mol. The second-order valence-electron chi connectivity index (χ2n) is 4.44. The van der Waals surface area contributed by atoms with Gasteiger partial charge in [-0.05, 0) is 36.8 Å². The first-order chi connectivity index (χ1) is 10.1. The van der Waals surface area contributed by atoms with Gasteiger partial charge in [0.1, 0.15) is 5.75 Å². The van der Waals surface area contributed by atoms with Crippen molar-refractivity contribution >= 4 is 39.1 Å². The quantitative estimate of drug-likeness (QED) is 0.815. The van der Waals surface area contributed by atoms with E-state index >= 15 is 0 Å². The molecule has 0 unspecified atom stereocenters. The molecule has 0 aliphatic heterocycles. The lowest BCUT2D eigenvalue weighted by atomic mass is 10.2. The van der Waals surface area contributed by atoms with Crippen LogP contribution in [-0.2, 0) is 4.79 Å². The van der Waals surface area contributed by atoms with Crippen molar-refractivity contribution in [3.63, 3.8) is 0 Å². The fourth-order valence-electron chi connectivity index (χ4n) is 1.80. The van der Waals surface area contributed by atoms with Crippen LogP contribution in [0.3, 0.4) is 0 Å². The van der Waals surface area contributed by atoms with Gasteiger partial charge in [-0.2, -0.15) is 0 Å². The zero-order valence-electron chi connectivity index (χ0n) is 11.5. The second-order valence-corrected chi connectivity index (χ2v) is 5.77. The molecule has 2 aromatic carbocycles. The minimum atomic E-state index is -0.594. The summed E-state index contributed by atoms with van der Waals surface area (Å²) in [5.41, 5.74) is 0.718. The van der Waals surface area contributed by atoms with Gasteiger partial charge in [-0.1, -0.05) is 52.7 Å². The number of carbonyl (C=O) groups is 1. The van der Waals surface area contributed by atoms with Crippen LogP contribution in [0.4, 0.5) is 5.69 Å². The van der Waals surface area contributed by atoms with E-state index in [0.29, 0.717) is 17.2 Å². The predicted molar refractivity (Wildman–Crippen MR) is 88.9 cm³/mol. The Labute approximate surface area is 137 Å². The Bertz CT molecular complexity index is 633. The third-order valence-corrected chi connectivity index (χ3v) is 3.67. The Morgan fingerprint density at radius 1 is 1.29 bits per heavy atom. The fourth-order valence-corrected chi connectivity index (χ4v) is 2.38. The average Bonchev–Trinajstić information content (AvgIpc) is 2.46. The van der Waals surface area contributed by atoms with Gasteiger partial charge in [0.25, 0.3) is 5.91 Å². The largest absolute Gasteiger partial charge is 0.479 e. The molecule has 0 aliphatic carbocycles. The normalized spacial score (nSPS) is 11.8. The second kappa shape index (κ2) is 7.48. The van der Waals surface area contributed by atoms with Crippen LogP contribution in [0.25, 0.3) is 0 Å². The van der Waals surface area contributed by atoms with E-state index in [9.17, 15) is 4.79 Å². The third-order valence-electron chi connectivity index (χ3n) is 2.86. The highest BCUT2D eigenvalue weighted by atomic mass is 79.9. The standard InChI is InChI=1S/C16H15BrClNO2/c1-2-14(21-15-9-4-3-8-13(15)18)16(20)19-12-7-5-6-11(17)10-12/h3-10,14H,2H2,1H3,(H,19,20)/t14-/m1/s1. The summed E-state index contributed by atoms with van der Waals surface area (Å²) < 4.78 is 6.61. The summed E-state index contributed by atoms with van der Waals surface area (Å²) in [6.07, 6.45) is -0.0469. The van der Waals surface area contributed by atoms with E-state index in [0.717, 1.165) is 10.2 Å². The van der Waals surface area contributed by atoms with Crippen LogP contribution < -0.4 is 10.1 Å². The highest BCUT2D eigenvalue weighted by Crippen LogP contribution is 2.25. The molecular weight excluding hydrogens is 354 g/mol. The van der Waals surface area contributed by atoms with Gasteiger partial charge in [-0.3, -0.25) is 4.79 Å². The molecule has 5 heteroatoms. The van der Waals surface area contributed by atoms with E-state index in [-0.39, 0.29) is 5.91 Å². The van der Waals surface area contributed by atoms with Crippen molar-refractivity contribution in [3.8, 4) is 5.75 Å². The maximum atomic E-state index is 12.3. The molecule has 1 N–H and O–H groups in total. The van der Waals surface area contributed by atoms with Gasteiger partial charge >= 0.3 is 0 Å². The number of carbonyl (C=O) groups excluding carboxylic acids is 1. The Morgan fingerprint density at radius 2 is 2.05 bits per heavy atom. The number of benzene rings is 2. The first-order valence-corrected chi connectivity index (χ1v) is 7.75. The fraction of sp³-hybridized carbons (Fsp3) is 0.188. The minimum Gasteiger partial charge on any atom is -0.479 e. The van der Waals surface area contributed by atoms with Crippen molar-refractivity contribution in [3.05, 3.63) is 58.0 Å². The third kappa shape index (κ3) is 4.48. The Hall–Kier alpha value is -1.52. The number of hydrogen-bond acceptors (Lipinski definition) is 2. The molecule has 1 atom stereocenters. The van der Waals surface area contributed by atoms with Crippen molar-refractivity contribution in [2.75, 3.05) is 5.32 Å². The molecule has 0 heterocycles. The van der Waals surface area contributed by atoms with Crippen LogP contribution in [0.1, 0.15) is 13.3 Å². The molecular formula is C16H15BrClNO2. The Balaban J connectivity index is 2.07. The molecule has 0 fully saturated rings. The SMILES string of the molecule is CC[C@@H](Oc1ccccc1Cl)C(=O)Nc1cccc(Br)c1. The molecule has 0 spiro atoms. The van der Waals surface area contributed by atoms with Crippen molar-refractivity contribution in [1.29, 1.82) is 0 Å². The summed E-state index contributed by atoms with van der Waals surface area (Å²) in [6, 6.07) is 14.5. The molecule has 2 aromatic rings. The van der Waals surface area contributed by atoms with E-state index in [1.165, 1.54) is 0 Å². The smallest absolute Gasteiger partial charge is 0.265 e. The molecule has 0 saturated carbocycles. The van der Waals surface area contributed by atoms with E-state index in [2.05, 4.69) is 21.2 Å². The molecule has 21 heavy (non-hydrogen) atoms. The van der Waals surface area contributed by atoms with Crippen LogP contribution in [0.2, 0.25) is 5.02 Å². The molecule has 3 nitrogen and oxygen atoms in total. The number of para-hydroxylation sites is 1. The average molecular weight is 369 g/mol. The van der Waals surface area contributed by atoms with Crippen LogP contribution in [-0.4, -0.2) is 12.0 Å². The highest BCUT2D eigenvalue weighted by Gasteiger charge is 2.19. The van der Waals surface area contributed by atoms with Gasteiger partial charge in [0, 0.05) is 10.2 Å². The summed E-state index contributed by atoms with van der Waals surface area (Å²) in [4.78, 5) is 12.3. The maximum Gasteiger partial charge on any atom is 0.265 e. The minimum absolute atomic E-state index is 0.199. The van der Waals surface area contributed by atoms with Gasteiger partial charge in [-0.25, -0.2) is 0 Å². The van der Waals surface area contributed by atoms with Gasteiger partial charge < -0.3 is 10.1 Å². The molecule has 110 valence electrons. The number of anilines is 1. The number of hydrogen-bond donors (Lipinski definition) is 1. The van der Waals surface area contributed by atoms with Crippen molar-refractivity contribution in [1.82, 2.24) is 0 Å². The molecule has 0 aliphatic rings. The number of nitrogens with one attached hydrogen (secondary N) is 1. The Morgan fingerprint density at radius 3 is 2.71 bits per heavy atom. The topological polar surface area (TPSA) is 38.3 Å². The van der Waals surface area contributed by atoms with Crippen molar-refractivity contribution in [2.24, 2.45) is 0 Å². The Kier molecular flexibility index (Phi) is 5.65. The molecule has 0 bridgehead atoms. The first kappa shape index (κ1) is 15.9. The van der Waals surface area contributed by atoms with Gasteiger partial charge in [0.15, 0.2) is 6.10 Å². The molecule has 2 rings (SSSR count). The number of halogens is 2. The lowest BCUT2D eigenvalue weighted by Crippen LogP contribution is -2.32. The highest BCUT2D eigenvalue weighted by molar-refractivity contribution is 9.10. The van der Waals surface area contributed by atoms with E-state index in [1.807, 2.05) is 43.3 Å². The zero-order chi connectivity index (χ0) is 15.2. The summed E-state index contributed by atoms with van der Waals surface area (Å²) in [5, 5.41) is 3.33.